The average Bonchev–Trinajstić information content (AvgIpc) is 2.62. The first-order valence-electron chi connectivity index (χ1n) is 8.30. The van der Waals surface area contributed by atoms with Crippen molar-refractivity contribution in [2.24, 2.45) is 0 Å². The smallest absolute Gasteiger partial charge is 0.257 e. The van der Waals surface area contributed by atoms with Crippen molar-refractivity contribution in [2.45, 2.75) is 20.4 Å². The molecule has 0 unspecified atom stereocenters. The van der Waals surface area contributed by atoms with Crippen molar-refractivity contribution < 1.29 is 13.9 Å². The molecule has 2 heterocycles. The minimum atomic E-state index is -0.514. The largest absolute Gasteiger partial charge is 0.436 e. The number of para-hydroxylation sites is 1. The molecule has 0 aliphatic rings. The lowest BCUT2D eigenvalue weighted by Gasteiger charge is -2.12. The molecule has 0 aliphatic heterocycles. The fourth-order valence-electron chi connectivity index (χ4n) is 2.68. The third-order valence-electron chi connectivity index (χ3n) is 3.91. The molecule has 0 saturated heterocycles. The molecule has 2 aromatic heterocycles. The summed E-state index contributed by atoms with van der Waals surface area (Å²) in [5, 5.41) is 2.68. The molecule has 0 bridgehead atoms. The Bertz CT molecular complexity index is 1050. The van der Waals surface area contributed by atoms with Crippen LogP contribution in [0.4, 0.5) is 4.39 Å². The summed E-state index contributed by atoms with van der Waals surface area (Å²) in [6.07, 6.45) is 1.51. The first-order chi connectivity index (χ1) is 13.0. The van der Waals surface area contributed by atoms with Crippen molar-refractivity contribution >= 4 is 5.91 Å². The summed E-state index contributed by atoms with van der Waals surface area (Å²) in [6.45, 7) is 3.49. The first-order valence-corrected chi connectivity index (χ1v) is 8.30. The highest BCUT2D eigenvalue weighted by Gasteiger charge is 2.16. The van der Waals surface area contributed by atoms with Gasteiger partial charge in [-0.1, -0.05) is 18.2 Å². The van der Waals surface area contributed by atoms with Crippen molar-refractivity contribution in [1.82, 2.24) is 15.3 Å². The molecule has 0 saturated carbocycles. The van der Waals surface area contributed by atoms with Crippen molar-refractivity contribution in [2.75, 3.05) is 0 Å². The predicted molar refractivity (Wildman–Crippen MR) is 98.4 cm³/mol. The molecule has 3 aromatic rings. The lowest BCUT2D eigenvalue weighted by molar-refractivity contribution is 0.0948. The second-order valence-corrected chi connectivity index (χ2v) is 6.00. The fourth-order valence-corrected chi connectivity index (χ4v) is 2.68. The van der Waals surface area contributed by atoms with E-state index in [0.717, 1.165) is 0 Å². The molecule has 0 radical (unpaired) electrons. The van der Waals surface area contributed by atoms with E-state index in [4.69, 9.17) is 4.74 Å². The Morgan fingerprint density at radius 1 is 1.22 bits per heavy atom. The number of benzene rings is 1. The number of carbonyl (C=O) groups excluding carboxylic acids is 1. The van der Waals surface area contributed by atoms with Gasteiger partial charge in [-0.2, -0.15) is 0 Å². The highest BCUT2D eigenvalue weighted by Crippen LogP contribution is 2.25. The second kappa shape index (κ2) is 7.82. The van der Waals surface area contributed by atoms with Gasteiger partial charge in [-0.3, -0.25) is 9.59 Å². The van der Waals surface area contributed by atoms with Crippen LogP contribution in [0.3, 0.4) is 0 Å². The van der Waals surface area contributed by atoms with Gasteiger partial charge in [0.1, 0.15) is 5.56 Å². The summed E-state index contributed by atoms with van der Waals surface area (Å²) in [5.74, 6) is -0.804. The van der Waals surface area contributed by atoms with Gasteiger partial charge < -0.3 is 15.0 Å². The lowest BCUT2D eigenvalue weighted by Crippen LogP contribution is -2.30. The number of nitrogens with zero attached hydrogens (tertiary/aromatic N) is 1. The normalized spacial score (nSPS) is 10.5. The monoisotopic (exact) mass is 367 g/mol. The Kier molecular flexibility index (Phi) is 5.30. The van der Waals surface area contributed by atoms with Gasteiger partial charge in [-0.25, -0.2) is 9.37 Å². The summed E-state index contributed by atoms with van der Waals surface area (Å²) in [4.78, 5) is 31.6. The van der Waals surface area contributed by atoms with Gasteiger partial charge in [-0.15, -0.1) is 0 Å². The van der Waals surface area contributed by atoms with Crippen LogP contribution in [0.5, 0.6) is 11.6 Å². The number of halogens is 1. The van der Waals surface area contributed by atoms with E-state index in [1.807, 2.05) is 0 Å². The zero-order valence-corrected chi connectivity index (χ0v) is 14.9. The van der Waals surface area contributed by atoms with E-state index < -0.39 is 11.7 Å². The van der Waals surface area contributed by atoms with Crippen LogP contribution in [0.25, 0.3) is 0 Å². The lowest BCUT2D eigenvalue weighted by atomic mass is 10.1. The van der Waals surface area contributed by atoms with Crippen LogP contribution in [0.1, 0.15) is 27.3 Å². The SMILES string of the molecule is Cc1cc(=O)c(C(=O)NCc2cccnc2Oc2ccccc2F)c(C)[nH]1. The van der Waals surface area contributed by atoms with Gasteiger partial charge in [0.05, 0.1) is 0 Å². The standard InChI is InChI=1S/C20H18FN3O3/c1-12-10-16(25)18(13(2)24-12)19(26)23-11-14-6-5-9-22-20(14)27-17-8-4-3-7-15(17)21/h3-10H,11H2,1-2H3,(H,23,26)(H,24,25). The van der Waals surface area contributed by atoms with Crippen LogP contribution in [-0.2, 0) is 6.54 Å². The predicted octanol–water partition coefficient (Wildman–Crippen LogP) is 3.25. The van der Waals surface area contributed by atoms with Crippen molar-refractivity contribution in [3.8, 4) is 11.6 Å². The molecule has 3 rings (SSSR count). The van der Waals surface area contributed by atoms with Gasteiger partial charge in [0.25, 0.3) is 5.91 Å². The highest BCUT2D eigenvalue weighted by atomic mass is 19.1. The number of H-pyrrole nitrogens is 1. The quantitative estimate of drug-likeness (QED) is 0.725. The summed E-state index contributed by atoms with van der Waals surface area (Å²) >= 11 is 0. The zero-order valence-electron chi connectivity index (χ0n) is 14.9. The number of carbonyl (C=O) groups is 1. The third kappa shape index (κ3) is 4.20. The van der Waals surface area contributed by atoms with Gasteiger partial charge in [-0.05, 0) is 32.0 Å². The number of amides is 1. The number of rotatable bonds is 5. The molecule has 0 aliphatic carbocycles. The molecule has 1 amide bonds. The molecule has 138 valence electrons. The molecule has 6 nitrogen and oxygen atoms in total. The van der Waals surface area contributed by atoms with E-state index in [9.17, 15) is 14.0 Å². The van der Waals surface area contributed by atoms with E-state index in [0.29, 0.717) is 17.0 Å². The van der Waals surface area contributed by atoms with Gasteiger partial charge >= 0.3 is 0 Å². The maximum atomic E-state index is 13.8. The number of aromatic nitrogens is 2. The average molecular weight is 367 g/mol. The van der Waals surface area contributed by atoms with Crippen molar-refractivity contribution in [1.29, 1.82) is 0 Å². The van der Waals surface area contributed by atoms with Crippen LogP contribution in [-0.4, -0.2) is 15.9 Å². The van der Waals surface area contributed by atoms with Crippen LogP contribution in [0.15, 0.2) is 53.5 Å². The number of aromatic amines is 1. The first kappa shape index (κ1) is 18.3. The molecule has 0 fully saturated rings. The van der Waals surface area contributed by atoms with E-state index >= 15 is 0 Å². The Hall–Kier alpha value is -3.48. The molecule has 27 heavy (non-hydrogen) atoms. The molecule has 1 aromatic carbocycles. The summed E-state index contributed by atoms with van der Waals surface area (Å²) in [6, 6.07) is 10.7. The number of pyridine rings is 2. The van der Waals surface area contributed by atoms with E-state index in [1.54, 1.807) is 38.1 Å². The molecular formula is C20H18FN3O3. The number of aryl methyl sites for hydroxylation is 2. The number of ether oxygens (including phenoxy) is 1. The Morgan fingerprint density at radius 2 is 2.00 bits per heavy atom. The van der Waals surface area contributed by atoms with Crippen molar-refractivity contribution in [3.05, 3.63) is 87.2 Å². The molecule has 2 N–H and O–H groups in total. The second-order valence-electron chi connectivity index (χ2n) is 6.00. The Morgan fingerprint density at radius 3 is 2.74 bits per heavy atom. The number of nitrogens with one attached hydrogen (secondary N) is 2. The summed E-state index contributed by atoms with van der Waals surface area (Å²) < 4.78 is 19.3. The van der Waals surface area contributed by atoms with Gasteiger partial charge in [0.2, 0.25) is 5.88 Å². The minimum absolute atomic E-state index is 0.0367. The van der Waals surface area contributed by atoms with Gasteiger partial charge in [0, 0.05) is 35.8 Å². The molecule has 0 spiro atoms. The zero-order chi connectivity index (χ0) is 19.4. The van der Waals surface area contributed by atoms with Crippen LogP contribution in [0.2, 0.25) is 0 Å². The van der Waals surface area contributed by atoms with Crippen molar-refractivity contribution in [3.63, 3.8) is 0 Å². The van der Waals surface area contributed by atoms with E-state index in [1.165, 1.54) is 24.4 Å². The number of hydrogen-bond acceptors (Lipinski definition) is 4. The van der Waals surface area contributed by atoms with E-state index in [2.05, 4.69) is 15.3 Å². The molecule has 7 heteroatoms. The topological polar surface area (TPSA) is 84.1 Å². The Balaban J connectivity index is 1.78. The molecule has 0 atom stereocenters. The molecular weight excluding hydrogens is 349 g/mol. The van der Waals surface area contributed by atoms with Crippen LogP contribution < -0.4 is 15.5 Å². The fraction of sp³-hybridized carbons (Fsp3) is 0.150. The van der Waals surface area contributed by atoms with E-state index in [-0.39, 0.29) is 29.2 Å². The third-order valence-corrected chi connectivity index (χ3v) is 3.91. The Labute approximate surface area is 155 Å². The minimum Gasteiger partial charge on any atom is -0.436 e. The maximum absolute atomic E-state index is 13.8. The summed E-state index contributed by atoms with van der Waals surface area (Å²) in [7, 11) is 0. The highest BCUT2D eigenvalue weighted by molar-refractivity contribution is 5.95. The maximum Gasteiger partial charge on any atom is 0.257 e. The van der Waals surface area contributed by atoms with Crippen LogP contribution in [0, 0.1) is 19.7 Å². The number of hydrogen-bond donors (Lipinski definition) is 2. The summed E-state index contributed by atoms with van der Waals surface area (Å²) in [5.41, 5.74) is 1.43. The van der Waals surface area contributed by atoms with Crippen LogP contribution >= 0.6 is 0 Å². The van der Waals surface area contributed by atoms with Gasteiger partial charge in [0.15, 0.2) is 17.0 Å².